The molecular formula is C27H23N3O3. The summed E-state index contributed by atoms with van der Waals surface area (Å²) in [6.07, 6.45) is 7.56. The SMILES string of the molecule is O=C(c1cccc(-n2cccn2)c1)N(CC=Cc1ccccc1)c1ccc2c(c1)OCCO2. The van der Waals surface area contributed by atoms with Crippen LogP contribution >= 0.6 is 0 Å². The molecule has 6 heteroatoms. The zero-order valence-corrected chi connectivity index (χ0v) is 18.0. The molecule has 4 aromatic rings. The van der Waals surface area contributed by atoms with Crippen molar-refractivity contribution in [3.8, 4) is 17.2 Å². The zero-order chi connectivity index (χ0) is 22.5. The van der Waals surface area contributed by atoms with E-state index in [1.807, 2.05) is 97.2 Å². The van der Waals surface area contributed by atoms with Gasteiger partial charge in [0.05, 0.1) is 5.69 Å². The topological polar surface area (TPSA) is 56.6 Å². The number of aromatic nitrogens is 2. The zero-order valence-electron chi connectivity index (χ0n) is 18.0. The van der Waals surface area contributed by atoms with Crippen LogP contribution in [0.2, 0.25) is 0 Å². The molecule has 5 rings (SSSR count). The minimum absolute atomic E-state index is 0.113. The van der Waals surface area contributed by atoms with Crippen LogP contribution in [0.5, 0.6) is 11.5 Å². The summed E-state index contributed by atoms with van der Waals surface area (Å²) in [5.74, 6) is 1.23. The lowest BCUT2D eigenvalue weighted by molar-refractivity contribution is 0.0989. The van der Waals surface area contributed by atoms with Crippen LogP contribution in [0.15, 0.2) is 97.3 Å². The average molecular weight is 437 g/mol. The Labute approximate surface area is 192 Å². The van der Waals surface area contributed by atoms with Crippen molar-refractivity contribution in [2.45, 2.75) is 0 Å². The first-order valence-corrected chi connectivity index (χ1v) is 10.8. The molecule has 1 amide bonds. The summed E-state index contributed by atoms with van der Waals surface area (Å²) in [5, 5.41) is 4.27. The summed E-state index contributed by atoms with van der Waals surface area (Å²) >= 11 is 0. The predicted octanol–water partition coefficient (Wildman–Crippen LogP) is 5.00. The van der Waals surface area contributed by atoms with Crippen LogP contribution in [0, 0.1) is 0 Å². The molecule has 6 nitrogen and oxygen atoms in total. The van der Waals surface area contributed by atoms with Crippen molar-refractivity contribution >= 4 is 17.7 Å². The van der Waals surface area contributed by atoms with Crippen molar-refractivity contribution in [3.63, 3.8) is 0 Å². The molecule has 33 heavy (non-hydrogen) atoms. The maximum absolute atomic E-state index is 13.7. The Bertz CT molecular complexity index is 1270. The third-order valence-electron chi connectivity index (χ3n) is 5.34. The Morgan fingerprint density at radius 3 is 2.61 bits per heavy atom. The Morgan fingerprint density at radius 1 is 0.939 bits per heavy atom. The van der Waals surface area contributed by atoms with E-state index in [1.165, 1.54) is 0 Å². The number of nitrogens with zero attached hydrogens (tertiary/aromatic N) is 3. The Hall–Kier alpha value is -4.32. The smallest absolute Gasteiger partial charge is 0.258 e. The third kappa shape index (κ3) is 4.65. The Balaban J connectivity index is 1.47. The molecule has 0 bridgehead atoms. The van der Waals surface area contributed by atoms with Gasteiger partial charge in [0.1, 0.15) is 13.2 Å². The number of ether oxygens (including phenoxy) is 2. The molecule has 164 valence electrons. The fourth-order valence-corrected chi connectivity index (χ4v) is 3.72. The van der Waals surface area contributed by atoms with E-state index in [4.69, 9.17) is 9.47 Å². The second kappa shape index (κ2) is 9.44. The van der Waals surface area contributed by atoms with Gasteiger partial charge in [-0.2, -0.15) is 5.10 Å². The number of carbonyl (C=O) groups is 1. The van der Waals surface area contributed by atoms with Crippen LogP contribution in [0.3, 0.4) is 0 Å². The van der Waals surface area contributed by atoms with Crippen molar-refractivity contribution in [1.82, 2.24) is 9.78 Å². The summed E-state index contributed by atoms with van der Waals surface area (Å²) in [5.41, 5.74) is 3.22. The quantitative estimate of drug-likeness (QED) is 0.426. The number of fused-ring (bicyclic) bond motifs is 1. The number of benzene rings is 3. The molecule has 2 heterocycles. The predicted molar refractivity (Wildman–Crippen MR) is 128 cm³/mol. The van der Waals surface area contributed by atoms with Gasteiger partial charge in [-0.25, -0.2) is 4.68 Å². The standard InChI is InChI=1S/C27H23N3O3/c31-27(22-10-4-11-24(19-22)30-16-6-14-28-30)29(15-5-9-21-7-2-1-3-8-21)23-12-13-25-26(20-23)33-18-17-32-25/h1-14,16,19-20H,15,17-18H2. The van der Waals surface area contributed by atoms with Gasteiger partial charge in [-0.3, -0.25) is 4.79 Å². The largest absolute Gasteiger partial charge is 0.486 e. The van der Waals surface area contributed by atoms with Gasteiger partial charge in [-0.05, 0) is 42.0 Å². The van der Waals surface area contributed by atoms with Gasteiger partial charge >= 0.3 is 0 Å². The highest BCUT2D eigenvalue weighted by Gasteiger charge is 2.20. The lowest BCUT2D eigenvalue weighted by Gasteiger charge is -2.25. The van der Waals surface area contributed by atoms with Gasteiger partial charge in [0.15, 0.2) is 11.5 Å². The van der Waals surface area contributed by atoms with Gasteiger partial charge in [-0.1, -0.05) is 48.6 Å². The third-order valence-corrected chi connectivity index (χ3v) is 5.34. The summed E-state index contributed by atoms with van der Waals surface area (Å²) in [4.78, 5) is 15.4. The van der Waals surface area contributed by atoms with Crippen LogP contribution in [-0.4, -0.2) is 35.4 Å². The van der Waals surface area contributed by atoms with E-state index >= 15 is 0 Å². The van der Waals surface area contributed by atoms with Crippen LogP contribution in [0.4, 0.5) is 5.69 Å². The molecule has 1 aliphatic rings. The molecule has 0 saturated carbocycles. The van der Waals surface area contributed by atoms with Gasteiger partial charge in [0.25, 0.3) is 5.91 Å². The molecule has 3 aromatic carbocycles. The second-order valence-corrected chi connectivity index (χ2v) is 7.56. The first kappa shape index (κ1) is 20.6. The minimum Gasteiger partial charge on any atom is -0.486 e. The maximum Gasteiger partial charge on any atom is 0.258 e. The number of amides is 1. The summed E-state index contributed by atoms with van der Waals surface area (Å²) in [6, 6.07) is 24.9. The lowest BCUT2D eigenvalue weighted by Crippen LogP contribution is -2.31. The summed E-state index contributed by atoms with van der Waals surface area (Å²) in [6.45, 7) is 1.42. The second-order valence-electron chi connectivity index (χ2n) is 7.56. The van der Waals surface area contributed by atoms with Gasteiger partial charge in [-0.15, -0.1) is 0 Å². The van der Waals surface area contributed by atoms with Crippen LogP contribution < -0.4 is 14.4 Å². The molecule has 0 unspecified atom stereocenters. The fraction of sp³-hybridized carbons (Fsp3) is 0.111. The van der Waals surface area contributed by atoms with Gasteiger partial charge < -0.3 is 14.4 Å². The van der Waals surface area contributed by atoms with Crippen LogP contribution in [-0.2, 0) is 0 Å². The molecule has 0 saturated heterocycles. The molecule has 1 aliphatic heterocycles. The van der Waals surface area contributed by atoms with E-state index in [0.717, 1.165) is 16.9 Å². The lowest BCUT2D eigenvalue weighted by atomic mass is 10.1. The van der Waals surface area contributed by atoms with E-state index in [1.54, 1.807) is 15.8 Å². The van der Waals surface area contributed by atoms with E-state index in [0.29, 0.717) is 36.8 Å². The van der Waals surface area contributed by atoms with Gasteiger partial charge in [0.2, 0.25) is 0 Å². The van der Waals surface area contributed by atoms with Crippen LogP contribution in [0.25, 0.3) is 11.8 Å². The van der Waals surface area contributed by atoms with Crippen molar-refractivity contribution in [3.05, 3.63) is 108 Å². The maximum atomic E-state index is 13.7. The van der Waals surface area contributed by atoms with Crippen molar-refractivity contribution < 1.29 is 14.3 Å². The molecule has 1 aromatic heterocycles. The number of anilines is 1. The van der Waals surface area contributed by atoms with Crippen LogP contribution in [0.1, 0.15) is 15.9 Å². The molecule has 0 atom stereocenters. The summed E-state index contributed by atoms with van der Waals surface area (Å²) < 4.78 is 13.1. The molecule has 0 radical (unpaired) electrons. The minimum atomic E-state index is -0.113. The first-order valence-electron chi connectivity index (χ1n) is 10.8. The fourth-order valence-electron chi connectivity index (χ4n) is 3.72. The molecular weight excluding hydrogens is 414 g/mol. The van der Waals surface area contributed by atoms with E-state index in [9.17, 15) is 4.79 Å². The Kier molecular flexibility index (Phi) is 5.89. The molecule has 0 N–H and O–H groups in total. The molecule has 0 aliphatic carbocycles. The molecule has 0 spiro atoms. The highest BCUT2D eigenvalue weighted by Crippen LogP contribution is 2.34. The van der Waals surface area contributed by atoms with E-state index in [2.05, 4.69) is 5.10 Å². The first-order chi connectivity index (χ1) is 16.3. The number of rotatable bonds is 6. The number of carbonyl (C=O) groups excluding carboxylic acids is 1. The van der Waals surface area contributed by atoms with Crippen molar-refractivity contribution in [2.24, 2.45) is 0 Å². The highest BCUT2D eigenvalue weighted by atomic mass is 16.6. The van der Waals surface area contributed by atoms with E-state index in [-0.39, 0.29) is 5.91 Å². The number of hydrogen-bond acceptors (Lipinski definition) is 4. The van der Waals surface area contributed by atoms with E-state index < -0.39 is 0 Å². The van der Waals surface area contributed by atoms with Crippen molar-refractivity contribution in [2.75, 3.05) is 24.7 Å². The monoisotopic (exact) mass is 437 g/mol. The average Bonchev–Trinajstić information content (AvgIpc) is 3.42. The normalized spacial score (nSPS) is 12.6. The number of hydrogen-bond donors (Lipinski definition) is 0. The Morgan fingerprint density at radius 2 is 1.79 bits per heavy atom. The highest BCUT2D eigenvalue weighted by molar-refractivity contribution is 6.06. The van der Waals surface area contributed by atoms with Crippen molar-refractivity contribution in [1.29, 1.82) is 0 Å². The summed E-state index contributed by atoms with van der Waals surface area (Å²) in [7, 11) is 0. The van der Waals surface area contributed by atoms with Gasteiger partial charge in [0, 0.05) is 36.3 Å². The molecule has 0 fully saturated rings.